The summed E-state index contributed by atoms with van der Waals surface area (Å²) in [6, 6.07) is 6.06. The van der Waals surface area contributed by atoms with Crippen LogP contribution in [-0.4, -0.2) is 13.0 Å². The van der Waals surface area contributed by atoms with Crippen molar-refractivity contribution in [1.29, 1.82) is 0 Å². The number of methoxy groups -OCH3 is 1. The Balaban J connectivity index is 2.87. The third-order valence-electron chi connectivity index (χ3n) is 1.91. The average molecular weight is 185 g/mol. The van der Waals surface area contributed by atoms with E-state index in [4.69, 9.17) is 16.3 Å². The quantitative estimate of drug-likeness (QED) is 0.657. The standard InChI is InChI=1S/C10H13ClO/c1-8-7-10(12-2)4-3-9(8)5-6-11/h3-4,7H,5-6H2,1-2H3. The van der Waals surface area contributed by atoms with Gasteiger partial charge in [0.25, 0.3) is 0 Å². The van der Waals surface area contributed by atoms with E-state index in [-0.39, 0.29) is 0 Å². The van der Waals surface area contributed by atoms with Gasteiger partial charge in [-0.15, -0.1) is 11.6 Å². The fourth-order valence-corrected chi connectivity index (χ4v) is 1.38. The van der Waals surface area contributed by atoms with Gasteiger partial charge in [-0.25, -0.2) is 0 Å². The van der Waals surface area contributed by atoms with Crippen LogP contribution in [0.5, 0.6) is 5.75 Å². The summed E-state index contributed by atoms with van der Waals surface area (Å²) in [4.78, 5) is 0. The van der Waals surface area contributed by atoms with Crippen LogP contribution in [-0.2, 0) is 6.42 Å². The topological polar surface area (TPSA) is 9.23 Å². The molecule has 0 radical (unpaired) electrons. The largest absolute Gasteiger partial charge is 0.497 e. The number of halogens is 1. The summed E-state index contributed by atoms with van der Waals surface area (Å²) in [6.45, 7) is 2.07. The summed E-state index contributed by atoms with van der Waals surface area (Å²) in [5.74, 6) is 1.58. The number of hydrogen-bond donors (Lipinski definition) is 0. The highest BCUT2D eigenvalue weighted by Gasteiger charge is 1.98. The van der Waals surface area contributed by atoms with Crippen LogP contribution in [0.3, 0.4) is 0 Å². The van der Waals surface area contributed by atoms with Gasteiger partial charge in [-0.05, 0) is 36.6 Å². The highest BCUT2D eigenvalue weighted by molar-refractivity contribution is 6.18. The van der Waals surface area contributed by atoms with E-state index in [1.54, 1.807) is 7.11 Å². The van der Waals surface area contributed by atoms with Crippen molar-refractivity contribution in [2.45, 2.75) is 13.3 Å². The van der Waals surface area contributed by atoms with Crippen molar-refractivity contribution in [2.24, 2.45) is 0 Å². The van der Waals surface area contributed by atoms with Crippen molar-refractivity contribution in [3.05, 3.63) is 29.3 Å². The summed E-state index contributed by atoms with van der Waals surface area (Å²) in [5, 5.41) is 0. The molecule has 0 bridgehead atoms. The molecule has 0 aliphatic carbocycles. The van der Waals surface area contributed by atoms with E-state index in [1.807, 2.05) is 12.1 Å². The Labute approximate surface area is 78.3 Å². The molecule has 0 fully saturated rings. The van der Waals surface area contributed by atoms with Crippen LogP contribution >= 0.6 is 11.6 Å². The minimum Gasteiger partial charge on any atom is -0.497 e. The summed E-state index contributed by atoms with van der Waals surface area (Å²) >= 11 is 5.65. The second-order valence-corrected chi connectivity index (χ2v) is 3.11. The first kappa shape index (κ1) is 9.40. The smallest absolute Gasteiger partial charge is 0.119 e. The van der Waals surface area contributed by atoms with Crippen LogP contribution < -0.4 is 4.74 Å². The maximum Gasteiger partial charge on any atom is 0.119 e. The van der Waals surface area contributed by atoms with Gasteiger partial charge in [-0.1, -0.05) is 6.07 Å². The van der Waals surface area contributed by atoms with Crippen molar-refractivity contribution < 1.29 is 4.74 Å². The van der Waals surface area contributed by atoms with Crippen molar-refractivity contribution >= 4 is 11.6 Å². The molecule has 0 aliphatic heterocycles. The van der Waals surface area contributed by atoms with E-state index in [9.17, 15) is 0 Å². The molecule has 0 unspecified atom stereocenters. The molecule has 2 heteroatoms. The molecule has 0 aromatic heterocycles. The van der Waals surface area contributed by atoms with Crippen LogP contribution in [0.1, 0.15) is 11.1 Å². The minimum atomic E-state index is 0.674. The van der Waals surface area contributed by atoms with E-state index in [0.717, 1.165) is 12.2 Å². The maximum absolute atomic E-state index is 5.65. The lowest BCUT2D eigenvalue weighted by Crippen LogP contribution is -1.91. The zero-order chi connectivity index (χ0) is 8.97. The Hall–Kier alpha value is -0.690. The van der Waals surface area contributed by atoms with Crippen molar-refractivity contribution in [2.75, 3.05) is 13.0 Å². The summed E-state index contributed by atoms with van der Waals surface area (Å²) in [5.41, 5.74) is 2.54. The number of hydrogen-bond acceptors (Lipinski definition) is 1. The Kier molecular flexibility index (Phi) is 3.42. The highest BCUT2D eigenvalue weighted by Crippen LogP contribution is 2.17. The number of ether oxygens (including phenoxy) is 1. The maximum atomic E-state index is 5.65. The molecule has 0 spiro atoms. The number of benzene rings is 1. The van der Waals surface area contributed by atoms with E-state index in [0.29, 0.717) is 5.88 Å². The number of aryl methyl sites for hydroxylation is 2. The zero-order valence-corrected chi connectivity index (χ0v) is 8.19. The van der Waals surface area contributed by atoms with E-state index in [1.165, 1.54) is 11.1 Å². The number of rotatable bonds is 3. The third kappa shape index (κ3) is 2.15. The van der Waals surface area contributed by atoms with Gasteiger partial charge in [-0.3, -0.25) is 0 Å². The molecule has 0 saturated heterocycles. The van der Waals surface area contributed by atoms with Gasteiger partial charge in [-0.2, -0.15) is 0 Å². The van der Waals surface area contributed by atoms with Gasteiger partial charge in [0.2, 0.25) is 0 Å². The minimum absolute atomic E-state index is 0.674. The number of alkyl halides is 1. The SMILES string of the molecule is COc1ccc(CCCl)c(C)c1. The van der Waals surface area contributed by atoms with Crippen LogP contribution in [0.2, 0.25) is 0 Å². The lowest BCUT2D eigenvalue weighted by molar-refractivity contribution is 0.414. The molecule has 1 aromatic rings. The van der Waals surface area contributed by atoms with Gasteiger partial charge in [0, 0.05) is 5.88 Å². The molecule has 0 N–H and O–H groups in total. The lowest BCUT2D eigenvalue weighted by Gasteiger charge is -2.05. The molecule has 1 nitrogen and oxygen atoms in total. The van der Waals surface area contributed by atoms with E-state index in [2.05, 4.69) is 13.0 Å². The molecule has 0 atom stereocenters. The Morgan fingerprint density at radius 2 is 2.17 bits per heavy atom. The van der Waals surface area contributed by atoms with Crippen LogP contribution in [0.4, 0.5) is 0 Å². The first-order valence-corrected chi connectivity index (χ1v) is 4.51. The van der Waals surface area contributed by atoms with E-state index >= 15 is 0 Å². The normalized spacial score (nSPS) is 9.92. The highest BCUT2D eigenvalue weighted by atomic mass is 35.5. The fraction of sp³-hybridized carbons (Fsp3) is 0.400. The molecule has 0 amide bonds. The van der Waals surface area contributed by atoms with Crippen molar-refractivity contribution in [3.63, 3.8) is 0 Å². The Bertz CT molecular complexity index is 258. The van der Waals surface area contributed by atoms with Gasteiger partial charge in [0.05, 0.1) is 7.11 Å². The molecule has 0 heterocycles. The first-order chi connectivity index (χ1) is 5.77. The molecule has 1 rings (SSSR count). The Morgan fingerprint density at radius 3 is 2.67 bits per heavy atom. The summed E-state index contributed by atoms with van der Waals surface area (Å²) in [7, 11) is 1.68. The van der Waals surface area contributed by atoms with Crippen LogP contribution in [0.25, 0.3) is 0 Å². The lowest BCUT2D eigenvalue weighted by atomic mass is 10.1. The van der Waals surface area contributed by atoms with Crippen molar-refractivity contribution in [1.82, 2.24) is 0 Å². The predicted octanol–water partition coefficient (Wildman–Crippen LogP) is 2.78. The summed E-state index contributed by atoms with van der Waals surface area (Å²) < 4.78 is 5.10. The van der Waals surface area contributed by atoms with Crippen LogP contribution in [0.15, 0.2) is 18.2 Å². The average Bonchev–Trinajstić information content (AvgIpc) is 2.09. The summed E-state index contributed by atoms with van der Waals surface area (Å²) in [6.07, 6.45) is 0.928. The van der Waals surface area contributed by atoms with Gasteiger partial charge >= 0.3 is 0 Å². The Morgan fingerprint density at radius 1 is 1.42 bits per heavy atom. The van der Waals surface area contributed by atoms with Crippen LogP contribution in [0, 0.1) is 6.92 Å². The second kappa shape index (κ2) is 4.36. The predicted molar refractivity (Wildman–Crippen MR) is 52.2 cm³/mol. The third-order valence-corrected chi connectivity index (χ3v) is 2.10. The zero-order valence-electron chi connectivity index (χ0n) is 7.43. The molecule has 12 heavy (non-hydrogen) atoms. The van der Waals surface area contributed by atoms with Gasteiger partial charge in [0.1, 0.15) is 5.75 Å². The first-order valence-electron chi connectivity index (χ1n) is 3.97. The monoisotopic (exact) mass is 184 g/mol. The van der Waals surface area contributed by atoms with Gasteiger partial charge < -0.3 is 4.74 Å². The molecular weight excluding hydrogens is 172 g/mol. The molecule has 1 aromatic carbocycles. The molecular formula is C10H13ClO. The fourth-order valence-electron chi connectivity index (χ4n) is 1.18. The molecule has 66 valence electrons. The van der Waals surface area contributed by atoms with Gasteiger partial charge in [0.15, 0.2) is 0 Å². The second-order valence-electron chi connectivity index (χ2n) is 2.73. The van der Waals surface area contributed by atoms with E-state index < -0.39 is 0 Å². The van der Waals surface area contributed by atoms with Crippen molar-refractivity contribution in [3.8, 4) is 5.75 Å². The molecule has 0 aliphatic rings. The molecule has 0 saturated carbocycles.